The Labute approximate surface area is 133 Å². The van der Waals surface area contributed by atoms with Gasteiger partial charge in [0.25, 0.3) is 0 Å². The Kier molecular flexibility index (Phi) is 9.88. The van der Waals surface area contributed by atoms with Crippen LogP contribution in [0.5, 0.6) is 0 Å². The second-order valence-electron chi connectivity index (χ2n) is 3.86. The molecular weight excluding hydrogens is 315 g/mol. The number of benzene rings is 2. The van der Waals surface area contributed by atoms with Gasteiger partial charge in [0.15, 0.2) is 0 Å². The van der Waals surface area contributed by atoms with Gasteiger partial charge in [0, 0.05) is 17.1 Å². The molecular formula is C15H16MnO5. The minimum absolute atomic E-state index is 0. The first-order chi connectivity index (χ1) is 9.74. The van der Waals surface area contributed by atoms with E-state index in [0.29, 0.717) is 12.2 Å². The molecule has 1 radical (unpaired) electrons. The Morgan fingerprint density at radius 1 is 1.19 bits per heavy atom. The molecule has 0 atom stereocenters. The van der Waals surface area contributed by atoms with Gasteiger partial charge < -0.3 is 9.62 Å². The van der Waals surface area contributed by atoms with Crippen molar-refractivity contribution in [3.8, 4) is 0 Å². The zero-order valence-corrected chi connectivity index (χ0v) is 12.7. The molecule has 0 aliphatic rings. The van der Waals surface area contributed by atoms with Crippen molar-refractivity contribution < 1.29 is 41.5 Å². The summed E-state index contributed by atoms with van der Waals surface area (Å²) in [7, 11) is 0. The van der Waals surface area contributed by atoms with E-state index in [9.17, 15) is 4.79 Å². The molecule has 2 rings (SSSR count). The van der Waals surface area contributed by atoms with Gasteiger partial charge in [-0.3, -0.25) is 4.79 Å². The molecule has 0 saturated heterocycles. The maximum atomic E-state index is 11.8. The fourth-order valence-electron chi connectivity index (χ4n) is 1.68. The molecule has 1 N–H and O–H groups in total. The maximum Gasteiger partial charge on any atom is 0.338 e. The standard InChI is InChI=1S/C14H14O2.CH2O3.Mn/c1-2-10-16-14(15)13-9-5-7-11-6-3-4-8-12(11)13;2-1-4-3;/h3-9H,2,10H2,1H3;1,3H;. The summed E-state index contributed by atoms with van der Waals surface area (Å²) in [5.41, 5.74) is 0.645. The molecule has 0 amide bonds. The Morgan fingerprint density at radius 3 is 2.43 bits per heavy atom. The zero-order chi connectivity index (χ0) is 14.8. The number of rotatable bonds is 4. The predicted octanol–water partition coefficient (Wildman–Crippen LogP) is 3.04. The fraction of sp³-hybridized carbons (Fsp3) is 0.200. The molecule has 2 aromatic rings. The fourth-order valence-corrected chi connectivity index (χ4v) is 1.68. The summed E-state index contributed by atoms with van der Waals surface area (Å²) < 4.78 is 5.15. The van der Waals surface area contributed by atoms with E-state index in [1.54, 1.807) is 6.07 Å². The van der Waals surface area contributed by atoms with Crippen molar-refractivity contribution in [1.82, 2.24) is 0 Å². The summed E-state index contributed by atoms with van der Waals surface area (Å²) in [6.45, 7) is 2.39. The Morgan fingerprint density at radius 2 is 1.81 bits per heavy atom. The first kappa shape index (κ1) is 19.1. The minimum atomic E-state index is -0.237. The summed E-state index contributed by atoms with van der Waals surface area (Å²) in [5.74, 6) is -0.237. The maximum absolute atomic E-state index is 11.8. The second-order valence-corrected chi connectivity index (χ2v) is 3.86. The summed E-state index contributed by atoms with van der Waals surface area (Å²) >= 11 is 0. The summed E-state index contributed by atoms with van der Waals surface area (Å²) in [5, 5.41) is 9.02. The normalized spacial score (nSPS) is 8.86. The van der Waals surface area contributed by atoms with Crippen LogP contribution in [0, 0.1) is 0 Å². The average Bonchev–Trinajstić information content (AvgIpc) is 2.52. The minimum Gasteiger partial charge on any atom is -0.462 e. The van der Waals surface area contributed by atoms with Crippen molar-refractivity contribution in [2.75, 3.05) is 6.61 Å². The van der Waals surface area contributed by atoms with Gasteiger partial charge in [-0.05, 0) is 23.3 Å². The number of esters is 1. The van der Waals surface area contributed by atoms with Crippen LogP contribution in [0.4, 0.5) is 0 Å². The smallest absolute Gasteiger partial charge is 0.338 e. The van der Waals surface area contributed by atoms with Crippen molar-refractivity contribution in [1.29, 1.82) is 0 Å². The SMILES string of the molecule is CCCOC(=O)c1cccc2ccccc12.O=COO.[Mn]. The third-order valence-electron chi connectivity index (χ3n) is 2.49. The number of carbonyl (C=O) groups is 2. The molecule has 0 aliphatic heterocycles. The van der Waals surface area contributed by atoms with Gasteiger partial charge in [-0.2, -0.15) is 0 Å². The van der Waals surface area contributed by atoms with Crippen molar-refractivity contribution in [3.63, 3.8) is 0 Å². The van der Waals surface area contributed by atoms with E-state index in [2.05, 4.69) is 4.89 Å². The van der Waals surface area contributed by atoms with Gasteiger partial charge in [-0.15, -0.1) is 0 Å². The molecule has 0 aromatic heterocycles. The molecule has 0 fully saturated rings. The van der Waals surface area contributed by atoms with Crippen LogP contribution < -0.4 is 0 Å². The molecule has 0 unspecified atom stereocenters. The molecule has 21 heavy (non-hydrogen) atoms. The quantitative estimate of drug-likeness (QED) is 0.306. The molecule has 0 spiro atoms. The van der Waals surface area contributed by atoms with Crippen LogP contribution in [0.1, 0.15) is 23.7 Å². The van der Waals surface area contributed by atoms with E-state index in [1.807, 2.05) is 43.3 Å². The van der Waals surface area contributed by atoms with Crippen LogP contribution in [0.15, 0.2) is 42.5 Å². The van der Waals surface area contributed by atoms with E-state index < -0.39 is 0 Å². The third kappa shape index (κ3) is 5.95. The van der Waals surface area contributed by atoms with Crippen LogP contribution in [0.2, 0.25) is 0 Å². The van der Waals surface area contributed by atoms with E-state index in [1.165, 1.54) is 0 Å². The van der Waals surface area contributed by atoms with E-state index in [4.69, 9.17) is 14.8 Å². The van der Waals surface area contributed by atoms with Crippen molar-refractivity contribution in [2.45, 2.75) is 13.3 Å². The molecule has 2 aromatic carbocycles. The van der Waals surface area contributed by atoms with Crippen LogP contribution in [-0.2, 0) is 31.5 Å². The van der Waals surface area contributed by atoms with Gasteiger partial charge >= 0.3 is 12.4 Å². The number of ether oxygens (including phenoxy) is 1. The average molecular weight is 331 g/mol. The Hall–Kier alpha value is -1.88. The van der Waals surface area contributed by atoms with Gasteiger partial charge in [0.2, 0.25) is 0 Å². The molecule has 5 nitrogen and oxygen atoms in total. The zero-order valence-electron chi connectivity index (χ0n) is 11.5. The topological polar surface area (TPSA) is 72.8 Å². The molecule has 0 heterocycles. The number of carbonyl (C=O) groups excluding carboxylic acids is 2. The van der Waals surface area contributed by atoms with Crippen molar-refractivity contribution in [3.05, 3.63) is 48.0 Å². The third-order valence-corrected chi connectivity index (χ3v) is 2.49. The Bertz CT molecular complexity index is 565. The second kappa shape index (κ2) is 10.9. The van der Waals surface area contributed by atoms with Crippen LogP contribution >= 0.6 is 0 Å². The van der Waals surface area contributed by atoms with Crippen LogP contribution in [-0.4, -0.2) is 24.3 Å². The van der Waals surface area contributed by atoms with Crippen molar-refractivity contribution in [2.24, 2.45) is 0 Å². The van der Waals surface area contributed by atoms with Crippen molar-refractivity contribution >= 4 is 23.2 Å². The molecule has 6 heteroatoms. The van der Waals surface area contributed by atoms with Gasteiger partial charge in [0.05, 0.1) is 12.2 Å². The van der Waals surface area contributed by atoms with E-state index in [0.717, 1.165) is 17.2 Å². The van der Waals surface area contributed by atoms with Gasteiger partial charge in [-0.1, -0.05) is 43.3 Å². The number of hydrogen-bond donors (Lipinski definition) is 1. The number of hydrogen-bond acceptors (Lipinski definition) is 5. The Balaban J connectivity index is 0.000000715. The first-order valence-electron chi connectivity index (χ1n) is 6.13. The predicted molar refractivity (Wildman–Crippen MR) is 74.3 cm³/mol. The monoisotopic (exact) mass is 331 g/mol. The molecule has 0 bridgehead atoms. The number of fused-ring (bicyclic) bond motifs is 1. The van der Waals surface area contributed by atoms with E-state index >= 15 is 0 Å². The van der Waals surface area contributed by atoms with Gasteiger partial charge in [0.1, 0.15) is 0 Å². The molecule has 113 valence electrons. The summed E-state index contributed by atoms with van der Waals surface area (Å²) in [6, 6.07) is 13.5. The molecule has 0 aliphatic carbocycles. The van der Waals surface area contributed by atoms with Crippen LogP contribution in [0.25, 0.3) is 10.8 Å². The molecule has 0 saturated carbocycles. The summed E-state index contributed by atoms with van der Waals surface area (Å²) in [6.07, 6.45) is 0.844. The first-order valence-corrected chi connectivity index (χ1v) is 6.13. The van der Waals surface area contributed by atoms with Crippen LogP contribution in [0.3, 0.4) is 0 Å². The van der Waals surface area contributed by atoms with Gasteiger partial charge in [-0.25, -0.2) is 10.1 Å². The van der Waals surface area contributed by atoms with E-state index in [-0.39, 0.29) is 29.5 Å². The summed E-state index contributed by atoms with van der Waals surface area (Å²) in [4.78, 5) is 23.4. The largest absolute Gasteiger partial charge is 0.462 e.